The van der Waals surface area contributed by atoms with E-state index in [0.29, 0.717) is 29.6 Å². The number of amides is 2. The van der Waals surface area contributed by atoms with Crippen molar-refractivity contribution in [2.45, 2.75) is 20.1 Å². The molecule has 1 fully saturated rings. The molecule has 1 aliphatic rings. The molecule has 0 bridgehead atoms. The van der Waals surface area contributed by atoms with Crippen LogP contribution in [-0.4, -0.2) is 22.7 Å². The maximum Gasteiger partial charge on any atom is 0.293 e. The zero-order valence-corrected chi connectivity index (χ0v) is 22.8. The minimum absolute atomic E-state index is 0.234. The monoisotopic (exact) mass is 545 g/mol. The van der Waals surface area contributed by atoms with E-state index in [4.69, 9.17) is 9.47 Å². The van der Waals surface area contributed by atoms with Gasteiger partial charge in [0.2, 0.25) is 0 Å². The van der Waals surface area contributed by atoms with Crippen molar-refractivity contribution in [1.82, 2.24) is 4.90 Å². The molecule has 40 heavy (non-hydrogen) atoms. The van der Waals surface area contributed by atoms with Gasteiger partial charge in [-0.05, 0) is 81.2 Å². The molecular formula is C34H27NO4S. The summed E-state index contributed by atoms with van der Waals surface area (Å²) in [5.74, 6) is 0.917. The molecular weight excluding hydrogens is 518 g/mol. The summed E-state index contributed by atoms with van der Waals surface area (Å²) in [6.07, 6.45) is 1.74. The second-order valence-corrected chi connectivity index (χ2v) is 10.5. The number of hydrogen-bond acceptors (Lipinski definition) is 5. The highest BCUT2D eigenvalue weighted by atomic mass is 32.2. The molecule has 0 radical (unpaired) electrons. The number of rotatable bonds is 8. The average molecular weight is 546 g/mol. The maximum absolute atomic E-state index is 13.2. The molecule has 0 aromatic heterocycles. The van der Waals surface area contributed by atoms with Crippen LogP contribution in [-0.2, 0) is 17.9 Å². The van der Waals surface area contributed by atoms with Gasteiger partial charge in [-0.25, -0.2) is 0 Å². The third-order valence-electron chi connectivity index (χ3n) is 6.86. The second-order valence-electron chi connectivity index (χ2n) is 9.52. The molecule has 1 aliphatic heterocycles. The summed E-state index contributed by atoms with van der Waals surface area (Å²) in [5.41, 5.74) is 2.76. The molecule has 0 saturated carbocycles. The number of imide groups is 1. The second kappa shape index (κ2) is 11.3. The smallest absolute Gasteiger partial charge is 0.293 e. The van der Waals surface area contributed by atoms with Gasteiger partial charge in [-0.15, -0.1) is 0 Å². The van der Waals surface area contributed by atoms with E-state index in [9.17, 15) is 9.59 Å². The number of carbonyl (C=O) groups is 2. The Labute approximate surface area is 237 Å². The lowest BCUT2D eigenvalue weighted by Gasteiger charge is -2.14. The van der Waals surface area contributed by atoms with Crippen molar-refractivity contribution in [2.24, 2.45) is 0 Å². The van der Waals surface area contributed by atoms with Crippen molar-refractivity contribution in [3.05, 3.63) is 125 Å². The Morgan fingerprint density at radius 2 is 1.52 bits per heavy atom. The van der Waals surface area contributed by atoms with Crippen molar-refractivity contribution >= 4 is 50.5 Å². The van der Waals surface area contributed by atoms with Gasteiger partial charge in [0.05, 0.1) is 18.1 Å². The topological polar surface area (TPSA) is 55.8 Å². The molecule has 0 aliphatic carbocycles. The normalized spacial score (nSPS) is 14.4. The van der Waals surface area contributed by atoms with E-state index in [0.717, 1.165) is 44.6 Å². The van der Waals surface area contributed by atoms with Crippen molar-refractivity contribution in [1.29, 1.82) is 0 Å². The fourth-order valence-corrected chi connectivity index (χ4v) is 5.72. The predicted octanol–water partition coefficient (Wildman–Crippen LogP) is 8.21. The van der Waals surface area contributed by atoms with Crippen molar-refractivity contribution in [3.63, 3.8) is 0 Å². The zero-order chi connectivity index (χ0) is 27.5. The summed E-state index contributed by atoms with van der Waals surface area (Å²) in [7, 11) is 0. The molecule has 5 nitrogen and oxygen atoms in total. The zero-order valence-electron chi connectivity index (χ0n) is 22.0. The molecule has 0 N–H and O–H groups in total. The summed E-state index contributed by atoms with van der Waals surface area (Å²) in [6.45, 7) is 3.02. The third-order valence-corrected chi connectivity index (χ3v) is 7.76. The molecule has 1 saturated heterocycles. The molecule has 5 aromatic rings. The lowest BCUT2D eigenvalue weighted by molar-refractivity contribution is -0.123. The van der Waals surface area contributed by atoms with E-state index in [2.05, 4.69) is 24.3 Å². The van der Waals surface area contributed by atoms with Gasteiger partial charge < -0.3 is 9.47 Å². The lowest BCUT2D eigenvalue weighted by Crippen LogP contribution is -2.27. The van der Waals surface area contributed by atoms with E-state index < -0.39 is 0 Å². The molecule has 5 aromatic carbocycles. The van der Waals surface area contributed by atoms with Crippen LogP contribution in [0.25, 0.3) is 27.6 Å². The van der Waals surface area contributed by atoms with Gasteiger partial charge in [-0.1, -0.05) is 84.9 Å². The van der Waals surface area contributed by atoms with Crippen LogP contribution in [0.3, 0.4) is 0 Å². The van der Waals surface area contributed by atoms with Crippen LogP contribution >= 0.6 is 11.8 Å². The van der Waals surface area contributed by atoms with Crippen LogP contribution < -0.4 is 9.47 Å². The number of hydrogen-bond donors (Lipinski definition) is 0. The fourth-order valence-electron chi connectivity index (χ4n) is 4.88. The summed E-state index contributed by atoms with van der Waals surface area (Å²) < 4.78 is 12.1. The largest absolute Gasteiger partial charge is 0.490 e. The first-order valence-electron chi connectivity index (χ1n) is 13.2. The van der Waals surface area contributed by atoms with Gasteiger partial charge in [-0.2, -0.15) is 0 Å². The number of nitrogens with zero attached hydrogens (tertiary/aromatic N) is 1. The molecule has 0 unspecified atom stereocenters. The van der Waals surface area contributed by atoms with Crippen LogP contribution in [0, 0.1) is 0 Å². The highest BCUT2D eigenvalue weighted by molar-refractivity contribution is 8.18. The highest BCUT2D eigenvalue weighted by Crippen LogP contribution is 2.36. The van der Waals surface area contributed by atoms with Gasteiger partial charge in [-0.3, -0.25) is 14.5 Å². The molecule has 0 spiro atoms. The van der Waals surface area contributed by atoms with E-state index in [1.54, 1.807) is 6.08 Å². The van der Waals surface area contributed by atoms with E-state index in [1.807, 2.05) is 85.8 Å². The van der Waals surface area contributed by atoms with E-state index >= 15 is 0 Å². The number of fused-ring (bicyclic) bond motifs is 2. The van der Waals surface area contributed by atoms with E-state index in [1.165, 1.54) is 10.3 Å². The van der Waals surface area contributed by atoms with Crippen molar-refractivity contribution in [3.8, 4) is 11.5 Å². The lowest BCUT2D eigenvalue weighted by atomic mass is 10.1. The Morgan fingerprint density at radius 3 is 2.38 bits per heavy atom. The molecule has 6 rings (SSSR count). The standard InChI is InChI=1S/C34H27NO4S/c1-2-38-31-19-23(15-17-30(31)39-22-28-12-7-11-26-9-5-6-13-29(26)28)20-32-33(36)35(34(37)40-32)21-24-14-16-25-8-3-4-10-27(25)18-24/h3-20H,2,21-22H2,1H3/b32-20-. The Kier molecular flexibility index (Phi) is 7.25. The molecule has 2 amide bonds. The van der Waals surface area contributed by atoms with Crippen molar-refractivity contribution in [2.75, 3.05) is 6.61 Å². The predicted molar refractivity (Wildman–Crippen MR) is 161 cm³/mol. The minimum atomic E-state index is -0.294. The Balaban J connectivity index is 1.20. The van der Waals surface area contributed by atoms with Gasteiger partial charge in [0.1, 0.15) is 6.61 Å². The third kappa shape index (κ3) is 5.31. The number of benzene rings is 5. The van der Waals surface area contributed by atoms with Crippen LogP contribution in [0.5, 0.6) is 11.5 Å². The van der Waals surface area contributed by atoms with Crippen LogP contribution in [0.15, 0.2) is 108 Å². The van der Waals surface area contributed by atoms with Gasteiger partial charge in [0.15, 0.2) is 11.5 Å². The first kappa shape index (κ1) is 25.7. The summed E-state index contributed by atoms with van der Waals surface area (Å²) in [6, 6.07) is 34.0. The quantitative estimate of drug-likeness (QED) is 0.184. The van der Waals surface area contributed by atoms with Crippen LogP contribution in [0.2, 0.25) is 0 Å². The Morgan fingerprint density at radius 1 is 0.750 bits per heavy atom. The summed E-state index contributed by atoms with van der Waals surface area (Å²) in [4.78, 5) is 27.6. The van der Waals surface area contributed by atoms with Gasteiger partial charge in [0.25, 0.3) is 11.1 Å². The molecule has 198 valence electrons. The molecule has 1 heterocycles. The molecule has 6 heteroatoms. The highest BCUT2D eigenvalue weighted by Gasteiger charge is 2.35. The fraction of sp³-hybridized carbons (Fsp3) is 0.118. The minimum Gasteiger partial charge on any atom is -0.490 e. The van der Waals surface area contributed by atoms with Gasteiger partial charge in [0, 0.05) is 0 Å². The van der Waals surface area contributed by atoms with Gasteiger partial charge >= 0.3 is 0 Å². The van der Waals surface area contributed by atoms with E-state index in [-0.39, 0.29) is 17.7 Å². The number of thioether (sulfide) groups is 1. The SMILES string of the molecule is CCOc1cc(/C=C2\SC(=O)N(Cc3ccc4ccccc4c3)C2=O)ccc1OCc1cccc2ccccc12. The Bertz CT molecular complexity index is 1770. The summed E-state index contributed by atoms with van der Waals surface area (Å²) >= 11 is 0.958. The molecule has 0 atom stereocenters. The van der Waals surface area contributed by atoms with Crippen LogP contribution in [0.1, 0.15) is 23.6 Å². The first-order valence-corrected chi connectivity index (χ1v) is 14.0. The van der Waals surface area contributed by atoms with Crippen molar-refractivity contribution < 1.29 is 19.1 Å². The number of ether oxygens (including phenoxy) is 2. The van der Waals surface area contributed by atoms with Crippen LogP contribution in [0.4, 0.5) is 4.79 Å². The first-order chi connectivity index (χ1) is 19.6. The Hall–Kier alpha value is -4.55. The average Bonchev–Trinajstić information content (AvgIpc) is 3.24. The summed E-state index contributed by atoms with van der Waals surface area (Å²) in [5, 5.41) is 4.24. The number of carbonyl (C=O) groups excluding carboxylic acids is 2. The maximum atomic E-state index is 13.2.